The lowest BCUT2D eigenvalue weighted by atomic mass is 9.96. The zero-order chi connectivity index (χ0) is 19.2. The maximum absolute atomic E-state index is 12.5. The summed E-state index contributed by atoms with van der Waals surface area (Å²) >= 11 is 0. The van der Waals surface area contributed by atoms with E-state index in [9.17, 15) is 13.2 Å². The second kappa shape index (κ2) is 8.97. The Morgan fingerprint density at radius 1 is 1.08 bits per heavy atom. The summed E-state index contributed by atoms with van der Waals surface area (Å²) in [5.74, 6) is -0.169. The van der Waals surface area contributed by atoms with Gasteiger partial charge in [-0.2, -0.15) is 4.31 Å². The van der Waals surface area contributed by atoms with Crippen molar-refractivity contribution in [1.82, 2.24) is 14.5 Å². The number of sulfonamides is 1. The quantitative estimate of drug-likeness (QED) is 0.774. The molecule has 0 bridgehead atoms. The Labute approximate surface area is 157 Å². The van der Waals surface area contributed by atoms with Crippen LogP contribution in [0.5, 0.6) is 0 Å². The Morgan fingerprint density at radius 2 is 1.69 bits per heavy atom. The van der Waals surface area contributed by atoms with Crippen molar-refractivity contribution in [1.29, 1.82) is 0 Å². The Hall–Kier alpha value is -1.44. The van der Waals surface area contributed by atoms with Crippen LogP contribution in [0.4, 0.5) is 0 Å². The molecule has 1 heterocycles. The smallest absolute Gasteiger partial charge is 0.225 e. The molecule has 1 aromatic rings. The van der Waals surface area contributed by atoms with Gasteiger partial charge in [-0.1, -0.05) is 51.1 Å². The van der Waals surface area contributed by atoms with E-state index >= 15 is 0 Å². The zero-order valence-corrected chi connectivity index (χ0v) is 16.9. The number of piperazine rings is 1. The summed E-state index contributed by atoms with van der Waals surface area (Å²) in [5, 5.41) is 2.71. The van der Waals surface area contributed by atoms with Gasteiger partial charge >= 0.3 is 0 Å². The molecule has 1 aliphatic rings. The highest BCUT2D eigenvalue weighted by molar-refractivity contribution is 7.89. The molecule has 1 fully saturated rings. The van der Waals surface area contributed by atoms with Crippen molar-refractivity contribution in [2.24, 2.45) is 5.41 Å². The topological polar surface area (TPSA) is 69.7 Å². The molecule has 26 heavy (non-hydrogen) atoms. The van der Waals surface area contributed by atoms with Gasteiger partial charge in [0.25, 0.3) is 0 Å². The number of carbonyl (C=O) groups excluding carboxylic acids is 1. The number of carbonyl (C=O) groups is 1. The number of nitrogens with one attached hydrogen (secondary N) is 1. The summed E-state index contributed by atoms with van der Waals surface area (Å²) in [6.45, 7) is 9.07. The van der Waals surface area contributed by atoms with E-state index in [0.29, 0.717) is 13.1 Å². The minimum absolute atomic E-state index is 0.0428. The second-order valence-electron chi connectivity index (χ2n) is 7.80. The normalized spacial score (nSPS) is 17.2. The van der Waals surface area contributed by atoms with Gasteiger partial charge in [0, 0.05) is 44.7 Å². The molecule has 0 atom stereocenters. The predicted octanol–water partition coefficient (Wildman–Crippen LogP) is 1.34. The van der Waals surface area contributed by atoms with Crippen LogP contribution in [-0.4, -0.2) is 68.6 Å². The van der Waals surface area contributed by atoms with Crippen LogP contribution in [0.3, 0.4) is 0 Å². The molecule has 1 amide bonds. The molecule has 0 radical (unpaired) electrons. The van der Waals surface area contributed by atoms with Crippen LogP contribution < -0.4 is 5.32 Å². The van der Waals surface area contributed by atoms with Gasteiger partial charge in [-0.05, 0) is 12.0 Å². The molecule has 0 unspecified atom stereocenters. The van der Waals surface area contributed by atoms with Gasteiger partial charge in [0.05, 0.1) is 5.75 Å². The molecule has 6 nitrogen and oxygen atoms in total. The van der Waals surface area contributed by atoms with Gasteiger partial charge < -0.3 is 10.2 Å². The molecule has 7 heteroatoms. The van der Waals surface area contributed by atoms with E-state index < -0.39 is 15.4 Å². The van der Waals surface area contributed by atoms with E-state index in [2.05, 4.69) is 22.3 Å². The highest BCUT2D eigenvalue weighted by Crippen LogP contribution is 2.13. The Kier molecular flexibility index (Phi) is 7.20. The first kappa shape index (κ1) is 20.9. The molecule has 0 spiro atoms. The van der Waals surface area contributed by atoms with Crippen molar-refractivity contribution in [3.8, 4) is 0 Å². The first-order valence-electron chi connectivity index (χ1n) is 9.21. The summed E-state index contributed by atoms with van der Waals surface area (Å²) in [6, 6.07) is 10.3. The minimum atomic E-state index is -3.32. The van der Waals surface area contributed by atoms with Crippen LogP contribution in [0.25, 0.3) is 0 Å². The summed E-state index contributed by atoms with van der Waals surface area (Å²) in [5.41, 5.74) is 0.797. The summed E-state index contributed by atoms with van der Waals surface area (Å²) in [4.78, 5) is 14.1. The van der Waals surface area contributed by atoms with Gasteiger partial charge in [-0.25, -0.2) is 8.42 Å². The van der Waals surface area contributed by atoms with Crippen LogP contribution >= 0.6 is 0 Å². The van der Waals surface area contributed by atoms with Crippen molar-refractivity contribution in [2.45, 2.75) is 27.2 Å². The lowest BCUT2D eigenvalue weighted by Gasteiger charge is -2.34. The highest BCUT2D eigenvalue weighted by atomic mass is 32.2. The number of nitrogens with zero attached hydrogens (tertiary/aromatic N) is 2. The Bertz CT molecular complexity index is 676. The average Bonchev–Trinajstić information content (AvgIpc) is 2.60. The van der Waals surface area contributed by atoms with Crippen LogP contribution in [-0.2, 0) is 21.2 Å². The SMILES string of the molecule is CC(C)(C)C(=O)NCCS(=O)(=O)N1CCN(CCc2ccccc2)CC1. The predicted molar refractivity (Wildman–Crippen MR) is 104 cm³/mol. The van der Waals surface area contributed by atoms with Gasteiger partial charge in [-0.3, -0.25) is 4.79 Å². The molecule has 0 aromatic heterocycles. The van der Waals surface area contributed by atoms with Crippen LogP contribution in [0.15, 0.2) is 30.3 Å². The van der Waals surface area contributed by atoms with Gasteiger partial charge in [0.15, 0.2) is 0 Å². The fraction of sp³-hybridized carbons (Fsp3) is 0.632. The van der Waals surface area contributed by atoms with E-state index in [1.165, 1.54) is 5.56 Å². The molecule has 1 aliphatic heterocycles. The maximum atomic E-state index is 12.5. The first-order valence-corrected chi connectivity index (χ1v) is 10.8. The van der Waals surface area contributed by atoms with Crippen LogP contribution in [0, 0.1) is 5.41 Å². The summed E-state index contributed by atoms with van der Waals surface area (Å²) in [7, 11) is -3.32. The summed E-state index contributed by atoms with van der Waals surface area (Å²) in [6.07, 6.45) is 0.979. The van der Waals surface area contributed by atoms with Crippen molar-refractivity contribution in [3.05, 3.63) is 35.9 Å². The van der Waals surface area contributed by atoms with Crippen molar-refractivity contribution >= 4 is 15.9 Å². The van der Waals surface area contributed by atoms with Crippen molar-refractivity contribution in [2.75, 3.05) is 45.0 Å². The lowest BCUT2D eigenvalue weighted by Crippen LogP contribution is -2.50. The first-order chi connectivity index (χ1) is 12.2. The third kappa shape index (κ3) is 6.37. The van der Waals surface area contributed by atoms with Gasteiger partial charge in [0.1, 0.15) is 0 Å². The zero-order valence-electron chi connectivity index (χ0n) is 16.1. The number of hydrogen-bond donors (Lipinski definition) is 1. The lowest BCUT2D eigenvalue weighted by molar-refractivity contribution is -0.128. The fourth-order valence-electron chi connectivity index (χ4n) is 2.85. The second-order valence-corrected chi connectivity index (χ2v) is 9.89. The molecular formula is C19H31N3O3S. The molecular weight excluding hydrogens is 350 g/mol. The van der Waals surface area contributed by atoms with Crippen LogP contribution in [0.1, 0.15) is 26.3 Å². The molecule has 1 saturated heterocycles. The van der Waals surface area contributed by atoms with E-state index in [1.54, 1.807) is 4.31 Å². The molecule has 2 rings (SSSR count). The largest absolute Gasteiger partial charge is 0.355 e. The number of hydrogen-bond acceptors (Lipinski definition) is 4. The fourth-order valence-corrected chi connectivity index (χ4v) is 4.19. The highest BCUT2D eigenvalue weighted by Gasteiger charge is 2.27. The maximum Gasteiger partial charge on any atom is 0.225 e. The average molecular weight is 382 g/mol. The molecule has 0 aliphatic carbocycles. The molecule has 146 valence electrons. The van der Waals surface area contributed by atoms with Crippen molar-refractivity contribution < 1.29 is 13.2 Å². The third-order valence-corrected chi connectivity index (χ3v) is 6.48. The van der Waals surface area contributed by atoms with Crippen LogP contribution in [0.2, 0.25) is 0 Å². The number of rotatable bonds is 7. The molecule has 1 N–H and O–H groups in total. The van der Waals surface area contributed by atoms with E-state index in [1.807, 2.05) is 39.0 Å². The van der Waals surface area contributed by atoms with E-state index in [-0.39, 0.29) is 18.2 Å². The van der Waals surface area contributed by atoms with E-state index in [0.717, 1.165) is 26.1 Å². The summed E-state index contributed by atoms with van der Waals surface area (Å²) < 4.78 is 26.5. The van der Waals surface area contributed by atoms with E-state index in [4.69, 9.17) is 0 Å². The van der Waals surface area contributed by atoms with Crippen molar-refractivity contribution in [3.63, 3.8) is 0 Å². The number of benzene rings is 1. The van der Waals surface area contributed by atoms with Gasteiger partial charge in [-0.15, -0.1) is 0 Å². The molecule has 1 aromatic carbocycles. The Balaban J connectivity index is 1.73. The number of amides is 1. The third-order valence-electron chi connectivity index (χ3n) is 4.61. The Morgan fingerprint density at radius 3 is 2.27 bits per heavy atom. The standard InChI is InChI=1S/C19H31N3O3S/c1-19(2,3)18(23)20-10-16-26(24,25)22-14-12-21(13-15-22)11-9-17-7-5-4-6-8-17/h4-8H,9-16H2,1-3H3,(H,20,23). The minimum Gasteiger partial charge on any atom is -0.355 e. The molecule has 0 saturated carbocycles. The van der Waals surface area contributed by atoms with Gasteiger partial charge in [0.2, 0.25) is 15.9 Å². The monoisotopic (exact) mass is 381 g/mol.